The van der Waals surface area contributed by atoms with Crippen LogP contribution in [0, 0.1) is 0 Å². The molecule has 3 aromatic carbocycles. The first kappa shape index (κ1) is 22.0. The average molecular weight is 459 g/mol. The van der Waals surface area contributed by atoms with E-state index in [1.165, 1.54) is 16.7 Å². The second kappa shape index (κ2) is 9.94. The molecule has 0 spiro atoms. The molecule has 32 heavy (non-hydrogen) atoms. The number of thioether (sulfide) groups is 1. The minimum Gasteiger partial charge on any atom is -0.350 e. The van der Waals surface area contributed by atoms with Gasteiger partial charge in [0.2, 0.25) is 5.91 Å². The summed E-state index contributed by atoms with van der Waals surface area (Å²) in [5.74, 6) is -0.479. The Morgan fingerprint density at radius 1 is 0.969 bits per heavy atom. The summed E-state index contributed by atoms with van der Waals surface area (Å²) in [5.41, 5.74) is 4.16. The largest absolute Gasteiger partial charge is 0.350 e. The highest BCUT2D eigenvalue weighted by Gasteiger charge is 2.38. The van der Waals surface area contributed by atoms with E-state index in [0.717, 1.165) is 22.3 Å². The second-order valence-corrected chi connectivity index (χ2v) is 9.09. The van der Waals surface area contributed by atoms with Crippen LogP contribution in [0.3, 0.4) is 0 Å². The first-order chi connectivity index (χ1) is 15.5. The highest BCUT2D eigenvalue weighted by atomic mass is 32.2. The molecule has 0 aliphatic carbocycles. The predicted molar refractivity (Wildman–Crippen MR) is 135 cm³/mol. The summed E-state index contributed by atoms with van der Waals surface area (Å²) >= 11 is 6.64. The van der Waals surface area contributed by atoms with Gasteiger partial charge in [0.25, 0.3) is 5.91 Å². The van der Waals surface area contributed by atoms with Gasteiger partial charge in [-0.2, -0.15) is 0 Å². The van der Waals surface area contributed by atoms with Crippen LogP contribution in [0.25, 0.3) is 17.2 Å². The monoisotopic (exact) mass is 458 g/mol. The summed E-state index contributed by atoms with van der Waals surface area (Å²) in [6.07, 6.45) is 1.82. The molecule has 4 rings (SSSR count). The molecule has 1 aliphatic rings. The third kappa shape index (κ3) is 4.98. The molecule has 1 unspecified atom stereocenters. The number of carbonyl (C=O) groups excluding carboxylic acids is 2. The van der Waals surface area contributed by atoms with Gasteiger partial charge < -0.3 is 5.32 Å². The fourth-order valence-corrected chi connectivity index (χ4v) is 4.84. The van der Waals surface area contributed by atoms with Crippen LogP contribution in [0.1, 0.15) is 18.1 Å². The molecule has 6 heteroatoms. The van der Waals surface area contributed by atoms with Gasteiger partial charge in [0.1, 0.15) is 10.4 Å². The molecular weight excluding hydrogens is 436 g/mol. The lowest BCUT2D eigenvalue weighted by Gasteiger charge is -2.22. The van der Waals surface area contributed by atoms with E-state index >= 15 is 0 Å². The van der Waals surface area contributed by atoms with Gasteiger partial charge in [-0.05, 0) is 35.3 Å². The molecule has 1 aliphatic heterocycles. The molecule has 0 bridgehead atoms. The fraction of sp³-hybridized carbons (Fsp3) is 0.115. The van der Waals surface area contributed by atoms with Crippen LogP contribution in [0.2, 0.25) is 0 Å². The number of carbonyl (C=O) groups is 2. The van der Waals surface area contributed by atoms with Crippen LogP contribution in [0.15, 0.2) is 89.8 Å². The SMILES string of the molecule is CC(C(=O)NCc1ccccc1)N1C(=O)/C(=C/c2ccc(-c3ccccc3)cc2)SC1=S. The van der Waals surface area contributed by atoms with Gasteiger partial charge in [0, 0.05) is 6.54 Å². The van der Waals surface area contributed by atoms with Crippen molar-refractivity contribution in [3.05, 3.63) is 101 Å². The van der Waals surface area contributed by atoms with Crippen LogP contribution in [-0.4, -0.2) is 27.1 Å². The Kier molecular flexibility index (Phi) is 6.83. The normalized spacial score (nSPS) is 15.8. The van der Waals surface area contributed by atoms with Gasteiger partial charge in [0.05, 0.1) is 4.91 Å². The molecule has 1 heterocycles. The van der Waals surface area contributed by atoms with Crippen LogP contribution in [0.4, 0.5) is 0 Å². The zero-order chi connectivity index (χ0) is 22.5. The molecule has 0 radical (unpaired) electrons. The molecule has 3 aromatic rings. The molecule has 4 nitrogen and oxygen atoms in total. The Hall–Kier alpha value is -3.22. The smallest absolute Gasteiger partial charge is 0.266 e. The van der Waals surface area contributed by atoms with Crippen molar-refractivity contribution in [3.8, 4) is 11.1 Å². The zero-order valence-electron chi connectivity index (χ0n) is 17.5. The Labute approximate surface area is 197 Å². The van der Waals surface area contributed by atoms with Crippen molar-refractivity contribution in [2.75, 3.05) is 0 Å². The van der Waals surface area contributed by atoms with E-state index in [9.17, 15) is 9.59 Å². The van der Waals surface area contributed by atoms with Crippen molar-refractivity contribution < 1.29 is 9.59 Å². The number of rotatable bonds is 6. The quantitative estimate of drug-likeness (QED) is 0.404. The second-order valence-electron chi connectivity index (χ2n) is 7.42. The van der Waals surface area contributed by atoms with Crippen LogP contribution >= 0.6 is 24.0 Å². The number of hydrogen-bond acceptors (Lipinski definition) is 4. The molecule has 1 fully saturated rings. The number of thiocarbonyl (C=S) groups is 1. The minimum atomic E-state index is -0.683. The van der Waals surface area contributed by atoms with Gasteiger partial charge in [-0.3, -0.25) is 14.5 Å². The summed E-state index contributed by atoms with van der Waals surface area (Å²) in [7, 11) is 0. The lowest BCUT2D eigenvalue weighted by molar-refractivity contribution is -0.132. The Morgan fingerprint density at radius 3 is 2.22 bits per heavy atom. The molecule has 160 valence electrons. The highest BCUT2D eigenvalue weighted by Crippen LogP contribution is 2.34. The molecule has 0 saturated carbocycles. The third-order valence-electron chi connectivity index (χ3n) is 5.22. The number of benzene rings is 3. The van der Waals surface area contributed by atoms with Gasteiger partial charge >= 0.3 is 0 Å². The van der Waals surface area contributed by atoms with Crippen LogP contribution in [-0.2, 0) is 16.1 Å². The number of hydrogen-bond donors (Lipinski definition) is 1. The van der Waals surface area contributed by atoms with E-state index in [0.29, 0.717) is 15.8 Å². The van der Waals surface area contributed by atoms with Crippen molar-refractivity contribution >= 4 is 46.2 Å². The standard InChI is InChI=1S/C26H22N2O2S2/c1-18(24(29)27-17-20-8-4-2-5-9-20)28-25(30)23(32-26(28)31)16-19-12-14-22(15-13-19)21-10-6-3-7-11-21/h2-16,18H,17H2,1H3,(H,27,29)/b23-16-. The van der Waals surface area contributed by atoms with Crippen molar-refractivity contribution in [1.82, 2.24) is 10.2 Å². The first-order valence-electron chi connectivity index (χ1n) is 10.3. The zero-order valence-corrected chi connectivity index (χ0v) is 19.2. The molecule has 1 saturated heterocycles. The number of nitrogens with one attached hydrogen (secondary N) is 1. The molecule has 2 amide bonds. The van der Waals surface area contributed by atoms with E-state index in [4.69, 9.17) is 12.2 Å². The van der Waals surface area contributed by atoms with Crippen molar-refractivity contribution in [2.45, 2.75) is 19.5 Å². The molecule has 0 aromatic heterocycles. The van der Waals surface area contributed by atoms with E-state index in [1.54, 1.807) is 6.92 Å². The van der Waals surface area contributed by atoms with E-state index < -0.39 is 6.04 Å². The number of nitrogens with zero attached hydrogens (tertiary/aromatic N) is 1. The molecular formula is C26H22N2O2S2. The maximum absolute atomic E-state index is 13.0. The lowest BCUT2D eigenvalue weighted by atomic mass is 10.0. The lowest BCUT2D eigenvalue weighted by Crippen LogP contribution is -2.46. The van der Waals surface area contributed by atoms with Gasteiger partial charge in [0.15, 0.2) is 0 Å². The Bertz CT molecular complexity index is 1160. The topological polar surface area (TPSA) is 49.4 Å². The van der Waals surface area contributed by atoms with Gasteiger partial charge in [-0.15, -0.1) is 0 Å². The van der Waals surface area contributed by atoms with Gasteiger partial charge in [-0.25, -0.2) is 0 Å². The molecule has 1 atom stereocenters. The summed E-state index contributed by atoms with van der Waals surface area (Å²) in [6.45, 7) is 2.10. The summed E-state index contributed by atoms with van der Waals surface area (Å²) in [5, 5.41) is 2.88. The highest BCUT2D eigenvalue weighted by molar-refractivity contribution is 8.26. The fourth-order valence-electron chi connectivity index (χ4n) is 3.42. The maximum Gasteiger partial charge on any atom is 0.266 e. The Balaban J connectivity index is 1.43. The van der Waals surface area contributed by atoms with Crippen molar-refractivity contribution in [1.29, 1.82) is 0 Å². The average Bonchev–Trinajstić information content (AvgIpc) is 3.11. The van der Waals surface area contributed by atoms with E-state index in [-0.39, 0.29) is 11.8 Å². The summed E-state index contributed by atoms with van der Waals surface area (Å²) in [4.78, 5) is 27.5. The van der Waals surface area contributed by atoms with E-state index in [1.807, 2.05) is 78.9 Å². The first-order valence-corrected chi connectivity index (χ1v) is 11.5. The van der Waals surface area contributed by atoms with Crippen molar-refractivity contribution in [2.24, 2.45) is 0 Å². The summed E-state index contributed by atoms with van der Waals surface area (Å²) in [6, 6.07) is 27.1. The minimum absolute atomic E-state index is 0.237. The maximum atomic E-state index is 13.0. The van der Waals surface area contributed by atoms with Gasteiger partial charge in [-0.1, -0.05) is 109 Å². The molecule has 1 N–H and O–H groups in total. The Morgan fingerprint density at radius 2 is 1.56 bits per heavy atom. The van der Waals surface area contributed by atoms with E-state index in [2.05, 4.69) is 17.4 Å². The third-order valence-corrected chi connectivity index (χ3v) is 6.55. The van der Waals surface area contributed by atoms with Crippen molar-refractivity contribution in [3.63, 3.8) is 0 Å². The summed E-state index contributed by atoms with van der Waals surface area (Å²) < 4.78 is 0.393. The van der Waals surface area contributed by atoms with Crippen LogP contribution in [0.5, 0.6) is 0 Å². The predicted octanol–water partition coefficient (Wildman–Crippen LogP) is 5.26. The number of amides is 2. The van der Waals surface area contributed by atoms with Crippen LogP contribution < -0.4 is 5.32 Å².